The fraction of sp³-hybridized carbons (Fsp3) is 0.419. The van der Waals surface area contributed by atoms with Crippen LogP contribution in [0.1, 0.15) is 66.2 Å². The third-order valence-electron chi connectivity index (χ3n) is 8.35. The van der Waals surface area contributed by atoms with E-state index >= 15 is 0 Å². The summed E-state index contributed by atoms with van der Waals surface area (Å²) in [6, 6.07) is 10.2. The molecular weight excluding hydrogens is 576 g/mol. The summed E-state index contributed by atoms with van der Waals surface area (Å²) in [5.74, 6) is 1.79. The number of amides is 1. The molecule has 6 rings (SSSR count). The average Bonchev–Trinajstić information content (AvgIpc) is 3.73. The molecule has 1 amide bonds. The summed E-state index contributed by atoms with van der Waals surface area (Å²) < 4.78 is 92.3. The molecule has 6 nitrogen and oxygen atoms in total. The summed E-state index contributed by atoms with van der Waals surface area (Å²) in [5, 5.41) is 0. The standard InChI is InChI=1S/C31H29F6N3O3/c1-17-28(20-12-21(30(32,33)34)15-22(13-20)31(35,36)37)43-29(41)40(17)16-25-23(7-9-27(38-25)39-10-3-11-39)24-14-19(18-4-5-18)6-8-26(24)42-2/h6-9,12-15,17-18,28H,3-5,10-11,16H2,1-2H3. The van der Waals surface area contributed by atoms with Gasteiger partial charge in [-0.25, -0.2) is 9.78 Å². The maximum absolute atomic E-state index is 13.5. The van der Waals surface area contributed by atoms with Gasteiger partial charge in [0.2, 0.25) is 0 Å². The molecule has 2 atom stereocenters. The first-order valence-corrected chi connectivity index (χ1v) is 14.0. The molecule has 43 heavy (non-hydrogen) atoms. The van der Waals surface area contributed by atoms with Crippen LogP contribution < -0.4 is 9.64 Å². The van der Waals surface area contributed by atoms with Crippen molar-refractivity contribution < 1.29 is 40.6 Å². The molecule has 3 fully saturated rings. The Morgan fingerprint density at radius 1 is 0.907 bits per heavy atom. The fourth-order valence-electron chi connectivity index (χ4n) is 5.65. The second kappa shape index (κ2) is 10.6. The van der Waals surface area contributed by atoms with Crippen LogP contribution in [-0.2, 0) is 23.6 Å². The van der Waals surface area contributed by atoms with Gasteiger partial charge in [0, 0.05) is 24.2 Å². The molecule has 2 aromatic carbocycles. The number of carbonyl (C=O) groups is 1. The normalized spacial score (nSPS) is 20.7. The van der Waals surface area contributed by atoms with Gasteiger partial charge < -0.3 is 14.4 Å². The quantitative estimate of drug-likeness (QED) is 0.256. The van der Waals surface area contributed by atoms with Crippen LogP contribution in [0, 0.1) is 0 Å². The molecule has 2 saturated heterocycles. The van der Waals surface area contributed by atoms with Crippen molar-refractivity contribution in [2.45, 2.75) is 63.1 Å². The van der Waals surface area contributed by atoms with Crippen molar-refractivity contribution in [1.82, 2.24) is 9.88 Å². The number of hydrogen-bond acceptors (Lipinski definition) is 5. The van der Waals surface area contributed by atoms with Gasteiger partial charge in [-0.3, -0.25) is 4.90 Å². The van der Waals surface area contributed by atoms with Crippen LogP contribution in [0.15, 0.2) is 48.5 Å². The number of cyclic esters (lactones) is 1. The molecule has 2 unspecified atom stereocenters. The summed E-state index contributed by atoms with van der Waals surface area (Å²) in [7, 11) is 1.56. The van der Waals surface area contributed by atoms with Crippen LogP contribution in [-0.4, -0.2) is 42.2 Å². The minimum absolute atomic E-state index is 0.0589. The maximum Gasteiger partial charge on any atom is 0.416 e. The SMILES string of the molecule is COc1ccc(C2CC2)cc1-c1ccc(N2CCC2)nc1CN1C(=O)OC(c2cc(C(F)(F)F)cc(C(F)(F)F)c2)C1C. The molecule has 0 spiro atoms. The molecular formula is C31H29F6N3O3. The Hall–Kier alpha value is -3.96. The number of alkyl halides is 6. The monoisotopic (exact) mass is 605 g/mol. The lowest BCUT2D eigenvalue weighted by atomic mass is 9.96. The fourth-order valence-corrected chi connectivity index (χ4v) is 5.65. The smallest absolute Gasteiger partial charge is 0.416 e. The van der Waals surface area contributed by atoms with Crippen LogP contribution in [0.2, 0.25) is 0 Å². The number of pyridine rings is 1. The van der Waals surface area contributed by atoms with Crippen LogP contribution in [0.3, 0.4) is 0 Å². The van der Waals surface area contributed by atoms with E-state index in [9.17, 15) is 31.1 Å². The van der Waals surface area contributed by atoms with Gasteiger partial charge in [-0.1, -0.05) is 6.07 Å². The van der Waals surface area contributed by atoms with Crippen molar-refractivity contribution in [3.8, 4) is 16.9 Å². The molecule has 0 bridgehead atoms. The van der Waals surface area contributed by atoms with Crippen molar-refractivity contribution in [3.63, 3.8) is 0 Å². The highest BCUT2D eigenvalue weighted by Crippen LogP contribution is 2.45. The molecule has 3 aliphatic rings. The Balaban J connectivity index is 1.37. The second-order valence-corrected chi connectivity index (χ2v) is 11.3. The van der Waals surface area contributed by atoms with E-state index in [0.717, 1.165) is 43.5 Å². The first-order valence-electron chi connectivity index (χ1n) is 14.0. The molecule has 0 N–H and O–H groups in total. The summed E-state index contributed by atoms with van der Waals surface area (Å²) >= 11 is 0. The minimum atomic E-state index is -5.02. The number of aromatic nitrogens is 1. The van der Waals surface area contributed by atoms with Crippen molar-refractivity contribution in [2.24, 2.45) is 0 Å². The highest BCUT2D eigenvalue weighted by atomic mass is 19.4. The zero-order valence-electron chi connectivity index (χ0n) is 23.4. The van der Waals surface area contributed by atoms with E-state index in [-0.39, 0.29) is 18.2 Å². The molecule has 12 heteroatoms. The summed E-state index contributed by atoms with van der Waals surface area (Å²) in [5.41, 5.74) is -0.139. The Kier molecular flexibility index (Phi) is 7.21. The number of hydrogen-bond donors (Lipinski definition) is 0. The van der Waals surface area contributed by atoms with Gasteiger partial charge >= 0.3 is 18.4 Å². The minimum Gasteiger partial charge on any atom is -0.496 e. The summed E-state index contributed by atoms with van der Waals surface area (Å²) in [6.45, 7) is 3.12. The van der Waals surface area contributed by atoms with Crippen molar-refractivity contribution in [3.05, 3.63) is 76.5 Å². The van der Waals surface area contributed by atoms with Gasteiger partial charge in [0.15, 0.2) is 0 Å². The average molecular weight is 606 g/mol. The Morgan fingerprint density at radius 3 is 2.14 bits per heavy atom. The predicted molar refractivity (Wildman–Crippen MR) is 146 cm³/mol. The van der Waals surface area contributed by atoms with Crippen molar-refractivity contribution >= 4 is 11.9 Å². The van der Waals surface area contributed by atoms with Crippen LogP contribution >= 0.6 is 0 Å². The number of methoxy groups -OCH3 is 1. The third kappa shape index (κ3) is 5.71. The molecule has 3 heterocycles. The molecule has 1 saturated carbocycles. The third-order valence-corrected chi connectivity index (χ3v) is 8.35. The zero-order chi connectivity index (χ0) is 30.7. The molecule has 1 aliphatic carbocycles. The van der Waals surface area contributed by atoms with Gasteiger partial charge in [0.1, 0.15) is 17.7 Å². The number of benzene rings is 2. The lowest BCUT2D eigenvalue weighted by Gasteiger charge is -2.33. The van der Waals surface area contributed by atoms with E-state index in [1.54, 1.807) is 7.11 Å². The van der Waals surface area contributed by atoms with Gasteiger partial charge in [0.25, 0.3) is 0 Å². The second-order valence-electron chi connectivity index (χ2n) is 11.3. The van der Waals surface area contributed by atoms with E-state index in [4.69, 9.17) is 14.5 Å². The van der Waals surface area contributed by atoms with E-state index in [2.05, 4.69) is 11.0 Å². The van der Waals surface area contributed by atoms with Crippen LogP contribution in [0.5, 0.6) is 5.75 Å². The van der Waals surface area contributed by atoms with E-state index in [0.29, 0.717) is 40.9 Å². The van der Waals surface area contributed by atoms with Crippen LogP contribution in [0.25, 0.3) is 11.1 Å². The Morgan fingerprint density at radius 2 is 1.58 bits per heavy atom. The Labute approximate surface area is 244 Å². The van der Waals surface area contributed by atoms with E-state index < -0.39 is 41.7 Å². The van der Waals surface area contributed by atoms with Gasteiger partial charge in [-0.05, 0) is 85.7 Å². The number of carbonyl (C=O) groups excluding carboxylic acids is 1. The highest BCUT2D eigenvalue weighted by Gasteiger charge is 2.43. The number of rotatable bonds is 7. The molecule has 0 radical (unpaired) electrons. The lowest BCUT2D eigenvalue weighted by molar-refractivity contribution is -0.143. The highest BCUT2D eigenvalue weighted by molar-refractivity contribution is 5.76. The molecule has 2 aliphatic heterocycles. The van der Waals surface area contributed by atoms with Gasteiger partial charge in [0.05, 0.1) is 36.5 Å². The van der Waals surface area contributed by atoms with Crippen LogP contribution in [0.4, 0.5) is 37.0 Å². The number of anilines is 1. The van der Waals surface area contributed by atoms with Gasteiger partial charge in [-0.2, -0.15) is 26.3 Å². The number of ether oxygens (including phenoxy) is 2. The van der Waals surface area contributed by atoms with Crippen molar-refractivity contribution in [2.75, 3.05) is 25.1 Å². The maximum atomic E-state index is 13.5. The molecule has 228 valence electrons. The molecule has 3 aromatic rings. The number of nitrogens with zero attached hydrogens (tertiary/aromatic N) is 3. The number of halogens is 6. The summed E-state index contributed by atoms with van der Waals surface area (Å²) in [6.07, 6.45) is -9.05. The largest absolute Gasteiger partial charge is 0.496 e. The van der Waals surface area contributed by atoms with E-state index in [1.807, 2.05) is 24.3 Å². The van der Waals surface area contributed by atoms with Gasteiger partial charge in [-0.15, -0.1) is 0 Å². The predicted octanol–water partition coefficient (Wildman–Crippen LogP) is 7.96. The first-order chi connectivity index (χ1) is 20.3. The Bertz CT molecular complexity index is 1520. The summed E-state index contributed by atoms with van der Waals surface area (Å²) in [4.78, 5) is 21.4. The lowest BCUT2D eigenvalue weighted by Crippen LogP contribution is -2.38. The zero-order valence-corrected chi connectivity index (χ0v) is 23.4. The van der Waals surface area contributed by atoms with E-state index in [1.165, 1.54) is 11.8 Å². The molecule has 1 aromatic heterocycles. The first kappa shape index (κ1) is 29.1. The van der Waals surface area contributed by atoms with Crippen molar-refractivity contribution in [1.29, 1.82) is 0 Å². The topological polar surface area (TPSA) is 54.9 Å².